The van der Waals surface area contributed by atoms with Gasteiger partial charge in [-0.25, -0.2) is 0 Å². The van der Waals surface area contributed by atoms with Gasteiger partial charge in [0.1, 0.15) is 0 Å². The van der Waals surface area contributed by atoms with Crippen LogP contribution >= 0.6 is 0 Å². The van der Waals surface area contributed by atoms with Crippen LogP contribution in [0, 0.1) is 33.5 Å². The molecule has 0 saturated heterocycles. The van der Waals surface area contributed by atoms with Crippen LogP contribution in [0.4, 0.5) is 0 Å². The van der Waals surface area contributed by atoms with Crippen LogP contribution < -0.4 is 0 Å². The molecule has 0 aliphatic heterocycles. The smallest absolute Gasteiger partial charge is 0.189 e. The van der Waals surface area contributed by atoms with Crippen LogP contribution in [-0.2, 0) is 16.1 Å². The predicted molar refractivity (Wildman–Crippen MR) is 220 cm³/mol. The first kappa shape index (κ1) is 39.4. The van der Waals surface area contributed by atoms with E-state index < -0.39 is 28.6 Å². The lowest BCUT2D eigenvalue weighted by atomic mass is 9.32. The van der Waals surface area contributed by atoms with Crippen molar-refractivity contribution in [3.8, 4) is 11.1 Å². The average Bonchev–Trinajstić information content (AvgIpc) is 3.48. The Morgan fingerprint density at radius 2 is 1.52 bits per heavy atom. The maximum atomic E-state index is 15.1. The van der Waals surface area contributed by atoms with Crippen molar-refractivity contribution < 1.29 is 29.6 Å². The fourth-order valence-electron chi connectivity index (χ4n) is 12.5. The summed E-state index contributed by atoms with van der Waals surface area (Å²) in [6.07, 6.45) is 12.3. The fourth-order valence-corrected chi connectivity index (χ4v) is 12.5. The Hall–Kier alpha value is -3.43. The number of benzene rings is 3. The average molecular weight is 760 g/mol. The first-order chi connectivity index (χ1) is 27.0. The highest BCUT2D eigenvalue weighted by molar-refractivity contribution is 6.10. The van der Waals surface area contributed by atoms with E-state index in [1.165, 1.54) is 0 Å². The van der Waals surface area contributed by atoms with Gasteiger partial charge in [0.2, 0.25) is 0 Å². The number of aliphatic hydroxyl groups excluding tert-OH is 2. The Labute approximate surface area is 333 Å². The number of ether oxygens (including phenoxy) is 2. The zero-order valence-corrected chi connectivity index (χ0v) is 33.5. The Morgan fingerprint density at radius 3 is 2.25 bits per heavy atom. The molecule has 0 radical (unpaired) electrons. The van der Waals surface area contributed by atoms with Gasteiger partial charge >= 0.3 is 0 Å². The summed E-state index contributed by atoms with van der Waals surface area (Å²) in [7, 11) is 1.71. The summed E-state index contributed by atoms with van der Waals surface area (Å²) in [6, 6.07) is 28.3. The van der Waals surface area contributed by atoms with Crippen molar-refractivity contribution in [3.63, 3.8) is 0 Å². The first-order valence-electron chi connectivity index (χ1n) is 21.0. The van der Waals surface area contributed by atoms with Crippen molar-refractivity contribution in [1.82, 2.24) is 4.90 Å². The number of hydrogen-bond acceptors (Lipinski definition) is 7. The van der Waals surface area contributed by atoms with E-state index in [1.54, 1.807) is 7.11 Å². The van der Waals surface area contributed by atoms with Gasteiger partial charge in [0.15, 0.2) is 5.78 Å². The van der Waals surface area contributed by atoms with Gasteiger partial charge in [-0.1, -0.05) is 117 Å². The Kier molecular flexibility index (Phi) is 10.8. The van der Waals surface area contributed by atoms with E-state index in [-0.39, 0.29) is 35.1 Å². The number of allylic oxidation sites excluding steroid dienone is 4. The van der Waals surface area contributed by atoms with Gasteiger partial charge in [-0.05, 0) is 85.3 Å². The van der Waals surface area contributed by atoms with Crippen LogP contribution in [-0.4, -0.2) is 83.8 Å². The van der Waals surface area contributed by atoms with Gasteiger partial charge in [0, 0.05) is 60.7 Å². The summed E-state index contributed by atoms with van der Waals surface area (Å²) in [4.78, 5) is 17.4. The number of nitrogens with zero attached hydrogens (tertiary/aromatic N) is 1. The second kappa shape index (κ2) is 15.4. The lowest BCUT2D eigenvalue weighted by Gasteiger charge is -2.71. The number of ketones is 1. The van der Waals surface area contributed by atoms with Crippen LogP contribution in [0.1, 0.15) is 81.1 Å². The molecule has 3 aromatic carbocycles. The third kappa shape index (κ3) is 6.57. The van der Waals surface area contributed by atoms with E-state index in [9.17, 15) is 15.3 Å². The summed E-state index contributed by atoms with van der Waals surface area (Å²) in [6.45, 7) is 7.47. The van der Waals surface area contributed by atoms with E-state index in [0.717, 1.165) is 60.8 Å². The molecule has 2 bridgehead atoms. The molecule has 9 unspecified atom stereocenters. The highest BCUT2D eigenvalue weighted by Gasteiger charge is 2.74. The number of rotatable bonds is 15. The van der Waals surface area contributed by atoms with E-state index >= 15 is 4.79 Å². The van der Waals surface area contributed by atoms with Crippen LogP contribution in [0.15, 0.2) is 109 Å². The minimum Gasteiger partial charge on any atom is -0.393 e. The molecule has 9 rings (SSSR count). The minimum absolute atomic E-state index is 0.0516. The van der Waals surface area contributed by atoms with Crippen molar-refractivity contribution in [1.29, 1.82) is 0 Å². The molecule has 2 spiro atoms. The Balaban J connectivity index is 1.10. The summed E-state index contributed by atoms with van der Waals surface area (Å²) in [5, 5.41) is 35.4. The summed E-state index contributed by atoms with van der Waals surface area (Å²) < 4.78 is 11.4. The molecule has 6 aliphatic rings. The number of methoxy groups -OCH3 is 1. The zero-order chi connectivity index (χ0) is 39.2. The second-order valence-corrected chi connectivity index (χ2v) is 18.3. The molecule has 56 heavy (non-hydrogen) atoms. The standard InChI is InChI=1S/C49H61NO6/c1-45-22-19-39(51)29-47(45)25-26-49(41(30-47)44(53)38-17-15-37(16-18-38)36-13-8-5-9-14-36)42(45)20-23-46(2)43(49)21-24-48(46,54)34-50(27-10-28-55-3)31-40(52)33-56-32-35-11-6-4-7-12-35/h4-9,11-18,25-26,30,39-40,42-43,51-52,54H,10,19-24,27-29,31-34H2,1-3H3. The van der Waals surface area contributed by atoms with Gasteiger partial charge in [0.25, 0.3) is 0 Å². The molecule has 0 amide bonds. The Morgan fingerprint density at radius 1 is 0.857 bits per heavy atom. The minimum atomic E-state index is -1.02. The number of carbonyl (C=O) groups excluding carboxylic acids is 1. The van der Waals surface area contributed by atoms with Gasteiger partial charge < -0.3 is 24.8 Å². The zero-order valence-electron chi connectivity index (χ0n) is 33.5. The maximum absolute atomic E-state index is 15.1. The topological polar surface area (TPSA) is 99.5 Å². The molecule has 7 heteroatoms. The van der Waals surface area contributed by atoms with E-state index in [2.05, 4.69) is 61.2 Å². The first-order valence-corrected chi connectivity index (χ1v) is 21.0. The molecule has 0 heterocycles. The lowest BCUT2D eigenvalue weighted by Crippen LogP contribution is -2.67. The van der Waals surface area contributed by atoms with E-state index in [0.29, 0.717) is 51.3 Å². The molecule has 7 nitrogen and oxygen atoms in total. The second-order valence-electron chi connectivity index (χ2n) is 18.3. The molecular formula is C49H61NO6. The largest absolute Gasteiger partial charge is 0.393 e. The van der Waals surface area contributed by atoms with Crippen molar-refractivity contribution in [2.45, 2.75) is 89.6 Å². The Bertz CT molecular complexity index is 1910. The number of aliphatic hydroxyl groups is 3. The van der Waals surface area contributed by atoms with Crippen molar-refractivity contribution in [2.75, 3.05) is 40.0 Å². The maximum Gasteiger partial charge on any atom is 0.189 e. The van der Waals surface area contributed by atoms with Crippen LogP contribution in [0.3, 0.4) is 0 Å². The normalized spacial score (nSPS) is 34.8. The highest BCUT2D eigenvalue weighted by Crippen LogP contribution is 2.78. The SMILES string of the molecule is COCCCN(CC(O)COCc1ccccc1)CC1(O)CCC2C34C=CC5(C=C3C(=O)c3ccc(-c6ccccc6)cc3)CC(O)CCC5(C)C4CCC21C. The van der Waals surface area contributed by atoms with Crippen LogP contribution in [0.25, 0.3) is 11.1 Å². The highest BCUT2D eigenvalue weighted by atomic mass is 16.5. The van der Waals surface area contributed by atoms with Crippen LogP contribution in [0.5, 0.6) is 0 Å². The van der Waals surface area contributed by atoms with Gasteiger partial charge in [-0.15, -0.1) is 0 Å². The number of hydrogen-bond donors (Lipinski definition) is 3. The fraction of sp³-hybridized carbons (Fsp3) is 0.531. The quantitative estimate of drug-likeness (QED) is 0.0820. The molecule has 3 fully saturated rings. The van der Waals surface area contributed by atoms with Gasteiger partial charge in [0.05, 0.1) is 31.0 Å². The van der Waals surface area contributed by atoms with Gasteiger partial charge in [-0.3, -0.25) is 9.69 Å². The van der Waals surface area contributed by atoms with Gasteiger partial charge in [-0.2, -0.15) is 0 Å². The third-order valence-corrected chi connectivity index (χ3v) is 15.4. The van der Waals surface area contributed by atoms with Crippen molar-refractivity contribution in [2.24, 2.45) is 33.5 Å². The molecule has 3 N–H and O–H groups in total. The molecule has 3 saturated carbocycles. The van der Waals surface area contributed by atoms with E-state index in [4.69, 9.17) is 9.47 Å². The third-order valence-electron chi connectivity index (χ3n) is 15.4. The lowest BCUT2D eigenvalue weighted by molar-refractivity contribution is -0.177. The van der Waals surface area contributed by atoms with E-state index in [1.807, 2.05) is 60.7 Å². The predicted octanol–water partition coefficient (Wildman–Crippen LogP) is 8.04. The number of carbonyl (C=O) groups is 1. The molecule has 6 aliphatic carbocycles. The summed E-state index contributed by atoms with van der Waals surface area (Å²) in [5.41, 5.74) is 2.31. The van der Waals surface area contributed by atoms with Crippen molar-refractivity contribution >= 4 is 5.78 Å². The molecule has 9 atom stereocenters. The molecule has 0 aromatic heterocycles. The number of Topliss-reactive ketones (excluding diaryl/α,β-unsaturated/α-hetero) is 1. The number of fused-ring (bicyclic) bond motifs is 1. The molecular weight excluding hydrogens is 699 g/mol. The monoisotopic (exact) mass is 759 g/mol. The van der Waals surface area contributed by atoms with Crippen molar-refractivity contribution in [3.05, 3.63) is 120 Å². The molecule has 3 aromatic rings. The molecule has 298 valence electrons. The summed E-state index contributed by atoms with van der Waals surface area (Å²) >= 11 is 0. The van der Waals surface area contributed by atoms with Crippen LogP contribution in [0.2, 0.25) is 0 Å². The summed E-state index contributed by atoms with van der Waals surface area (Å²) in [5.74, 6) is 0.345.